The van der Waals surface area contributed by atoms with Gasteiger partial charge in [-0.1, -0.05) is 0 Å². The predicted molar refractivity (Wildman–Crippen MR) is 56.0 cm³/mol. The van der Waals surface area contributed by atoms with Crippen LogP contribution in [0, 0.1) is 6.92 Å². The zero-order valence-electron chi connectivity index (χ0n) is 9.16. The Kier molecular flexibility index (Phi) is 2.50. The number of nitrogens with zero attached hydrogens (tertiary/aromatic N) is 2. The summed E-state index contributed by atoms with van der Waals surface area (Å²) < 4.78 is 1.87. The Morgan fingerprint density at radius 3 is 2.80 bits per heavy atom. The second kappa shape index (κ2) is 3.68. The molecule has 0 amide bonds. The van der Waals surface area contributed by atoms with E-state index in [9.17, 15) is 4.79 Å². The number of carboxylic acid groups (broad SMARTS) is 1. The average molecular weight is 208 g/mol. The number of aryl methyl sites for hydroxylation is 2. The monoisotopic (exact) mass is 208 g/mol. The topological polar surface area (TPSA) is 55.1 Å². The van der Waals surface area contributed by atoms with Gasteiger partial charge in [-0.05, 0) is 39.5 Å². The third-order valence-corrected chi connectivity index (χ3v) is 3.09. The highest BCUT2D eigenvalue weighted by Gasteiger charge is 2.24. The molecule has 1 aromatic rings. The Morgan fingerprint density at radius 1 is 1.47 bits per heavy atom. The van der Waals surface area contributed by atoms with Gasteiger partial charge in [-0.15, -0.1) is 0 Å². The molecule has 1 aromatic heterocycles. The molecule has 1 aliphatic rings. The van der Waals surface area contributed by atoms with E-state index in [2.05, 4.69) is 4.98 Å². The van der Waals surface area contributed by atoms with E-state index in [1.165, 1.54) is 6.42 Å². The smallest absolute Gasteiger partial charge is 0.326 e. The van der Waals surface area contributed by atoms with E-state index in [4.69, 9.17) is 5.11 Å². The molecule has 1 aliphatic carbocycles. The molecule has 0 aromatic carbocycles. The van der Waals surface area contributed by atoms with Gasteiger partial charge >= 0.3 is 5.97 Å². The minimum Gasteiger partial charge on any atom is -0.480 e. The van der Waals surface area contributed by atoms with Gasteiger partial charge in [-0.3, -0.25) is 0 Å². The van der Waals surface area contributed by atoms with Gasteiger partial charge in [-0.25, -0.2) is 9.78 Å². The van der Waals surface area contributed by atoms with Crippen LogP contribution in [-0.4, -0.2) is 20.6 Å². The highest BCUT2D eigenvalue weighted by molar-refractivity contribution is 5.71. The van der Waals surface area contributed by atoms with Crippen LogP contribution in [0.3, 0.4) is 0 Å². The van der Waals surface area contributed by atoms with Gasteiger partial charge < -0.3 is 9.67 Å². The molecule has 0 aliphatic heterocycles. The molecule has 0 saturated carbocycles. The maximum Gasteiger partial charge on any atom is 0.326 e. The number of hydrogen-bond donors (Lipinski definition) is 1. The normalized spacial score (nSPS) is 17.2. The van der Waals surface area contributed by atoms with E-state index in [0.717, 1.165) is 36.5 Å². The van der Waals surface area contributed by atoms with E-state index in [0.29, 0.717) is 0 Å². The summed E-state index contributed by atoms with van der Waals surface area (Å²) in [5.41, 5.74) is 2.24. The second-order valence-electron chi connectivity index (χ2n) is 4.14. The first-order valence-electron chi connectivity index (χ1n) is 5.40. The maximum atomic E-state index is 11.0. The molecule has 4 heteroatoms. The van der Waals surface area contributed by atoms with Crippen LogP contribution in [-0.2, 0) is 17.6 Å². The van der Waals surface area contributed by atoms with Crippen molar-refractivity contribution in [1.82, 2.24) is 9.55 Å². The van der Waals surface area contributed by atoms with Crippen molar-refractivity contribution in [3.8, 4) is 0 Å². The molecule has 4 nitrogen and oxygen atoms in total. The molecule has 0 radical (unpaired) electrons. The van der Waals surface area contributed by atoms with E-state index in [1.54, 1.807) is 6.92 Å². The largest absolute Gasteiger partial charge is 0.480 e. The molecule has 1 N–H and O–H groups in total. The molecule has 1 unspecified atom stereocenters. The molecule has 0 saturated heterocycles. The number of carbonyl (C=O) groups is 1. The first-order valence-corrected chi connectivity index (χ1v) is 5.40. The molecule has 2 rings (SSSR count). The summed E-state index contributed by atoms with van der Waals surface area (Å²) in [5, 5.41) is 9.03. The van der Waals surface area contributed by atoms with Crippen molar-refractivity contribution in [1.29, 1.82) is 0 Å². The third kappa shape index (κ3) is 1.64. The van der Waals surface area contributed by atoms with Crippen LogP contribution in [0.15, 0.2) is 0 Å². The van der Waals surface area contributed by atoms with Crippen molar-refractivity contribution in [2.45, 2.75) is 45.6 Å². The van der Waals surface area contributed by atoms with E-state index in [1.807, 2.05) is 11.5 Å². The number of rotatable bonds is 2. The summed E-state index contributed by atoms with van der Waals surface area (Å²) in [6.07, 6.45) is 4.28. The van der Waals surface area contributed by atoms with Crippen molar-refractivity contribution in [3.05, 3.63) is 17.2 Å². The Hall–Kier alpha value is -1.32. The first kappa shape index (κ1) is 10.2. The Bertz CT molecular complexity index is 396. The van der Waals surface area contributed by atoms with Gasteiger partial charge in [0.15, 0.2) is 0 Å². The zero-order valence-corrected chi connectivity index (χ0v) is 9.16. The van der Waals surface area contributed by atoms with Gasteiger partial charge in [0, 0.05) is 5.69 Å². The summed E-state index contributed by atoms with van der Waals surface area (Å²) in [5.74, 6) is 0.0423. The molecule has 0 spiro atoms. The molecule has 1 atom stereocenters. The quantitative estimate of drug-likeness (QED) is 0.805. The number of carboxylic acids is 1. The Labute approximate surface area is 88.9 Å². The molecule has 0 fully saturated rings. The molecule has 0 bridgehead atoms. The second-order valence-corrected chi connectivity index (χ2v) is 4.14. The lowest BCUT2D eigenvalue weighted by molar-refractivity contribution is -0.140. The van der Waals surface area contributed by atoms with Crippen molar-refractivity contribution < 1.29 is 9.90 Å². The van der Waals surface area contributed by atoms with Crippen LogP contribution in [0.25, 0.3) is 0 Å². The van der Waals surface area contributed by atoms with Crippen molar-refractivity contribution >= 4 is 5.97 Å². The van der Waals surface area contributed by atoms with Crippen LogP contribution in [0.2, 0.25) is 0 Å². The van der Waals surface area contributed by atoms with Crippen LogP contribution in [0.4, 0.5) is 0 Å². The van der Waals surface area contributed by atoms with Gasteiger partial charge in [0.25, 0.3) is 0 Å². The van der Waals surface area contributed by atoms with Crippen molar-refractivity contribution in [2.24, 2.45) is 0 Å². The van der Waals surface area contributed by atoms with Crippen LogP contribution >= 0.6 is 0 Å². The molecule has 1 heterocycles. The van der Waals surface area contributed by atoms with Crippen LogP contribution in [0.1, 0.15) is 43.0 Å². The van der Waals surface area contributed by atoms with Crippen LogP contribution < -0.4 is 0 Å². The highest BCUT2D eigenvalue weighted by atomic mass is 16.4. The van der Waals surface area contributed by atoms with Crippen LogP contribution in [0.5, 0.6) is 0 Å². The number of aromatic nitrogens is 2. The van der Waals surface area contributed by atoms with Gasteiger partial charge in [0.2, 0.25) is 0 Å². The molecule has 15 heavy (non-hydrogen) atoms. The standard InChI is InChI=1S/C11H16N2O2/c1-7(11(14)15)13-8(2)12-9-5-3-4-6-10(9)13/h7H,3-6H2,1-2H3,(H,14,15). The van der Waals surface area contributed by atoms with Crippen molar-refractivity contribution in [2.75, 3.05) is 0 Å². The van der Waals surface area contributed by atoms with E-state index < -0.39 is 12.0 Å². The minimum atomic E-state index is -0.788. The summed E-state index contributed by atoms with van der Waals surface area (Å²) in [6, 6.07) is -0.501. The summed E-state index contributed by atoms with van der Waals surface area (Å²) in [7, 11) is 0. The zero-order chi connectivity index (χ0) is 11.0. The van der Waals surface area contributed by atoms with E-state index >= 15 is 0 Å². The fraction of sp³-hybridized carbons (Fsp3) is 0.636. The highest BCUT2D eigenvalue weighted by Crippen LogP contribution is 2.25. The number of imidazole rings is 1. The Morgan fingerprint density at radius 2 is 2.13 bits per heavy atom. The average Bonchev–Trinajstić information content (AvgIpc) is 2.52. The molecule has 82 valence electrons. The first-order chi connectivity index (χ1) is 7.11. The van der Waals surface area contributed by atoms with Gasteiger partial charge in [0.1, 0.15) is 11.9 Å². The number of hydrogen-bond acceptors (Lipinski definition) is 2. The fourth-order valence-electron chi connectivity index (χ4n) is 2.32. The predicted octanol–water partition coefficient (Wildman–Crippen LogP) is 1.72. The number of fused-ring (bicyclic) bond motifs is 1. The summed E-state index contributed by atoms with van der Waals surface area (Å²) >= 11 is 0. The maximum absolute atomic E-state index is 11.0. The number of aliphatic carboxylic acids is 1. The minimum absolute atomic E-state index is 0.501. The summed E-state index contributed by atoms with van der Waals surface area (Å²) in [6.45, 7) is 3.60. The SMILES string of the molecule is Cc1nc2c(n1C(C)C(=O)O)CCCC2. The lowest BCUT2D eigenvalue weighted by Gasteiger charge is -2.17. The van der Waals surface area contributed by atoms with Crippen molar-refractivity contribution in [3.63, 3.8) is 0 Å². The fourth-order valence-corrected chi connectivity index (χ4v) is 2.32. The van der Waals surface area contributed by atoms with E-state index in [-0.39, 0.29) is 0 Å². The van der Waals surface area contributed by atoms with Gasteiger partial charge in [0.05, 0.1) is 5.69 Å². The molecular formula is C11H16N2O2. The molecular weight excluding hydrogens is 192 g/mol. The summed E-state index contributed by atoms with van der Waals surface area (Å²) in [4.78, 5) is 15.4. The third-order valence-electron chi connectivity index (χ3n) is 3.09. The lowest BCUT2D eigenvalue weighted by atomic mass is 10.0. The Balaban J connectivity index is 2.46. The van der Waals surface area contributed by atoms with Gasteiger partial charge in [-0.2, -0.15) is 0 Å². The lowest BCUT2D eigenvalue weighted by Crippen LogP contribution is -2.20.